The molecule has 16 heavy (non-hydrogen) atoms. The minimum atomic E-state index is -1.87. The third kappa shape index (κ3) is 3.44. The van der Waals surface area contributed by atoms with Gasteiger partial charge < -0.3 is 14.7 Å². The van der Waals surface area contributed by atoms with Crippen LogP contribution in [0, 0.1) is 0 Å². The smallest absolute Gasteiger partial charge is 0.410 e. The fourth-order valence-corrected chi connectivity index (χ4v) is 1.79. The Kier molecular flexibility index (Phi) is 3.62. The number of carbonyl (C=O) groups excluding carboxylic acids is 1. The summed E-state index contributed by atoms with van der Waals surface area (Å²) in [6.07, 6.45) is 0.868. The van der Waals surface area contributed by atoms with Crippen molar-refractivity contribution in [3.8, 4) is 0 Å². The summed E-state index contributed by atoms with van der Waals surface area (Å²) in [5.74, 6) is 0. The molecule has 0 bridgehead atoms. The Bertz CT molecular complexity index is 270. The van der Waals surface area contributed by atoms with E-state index >= 15 is 0 Å². The summed E-state index contributed by atoms with van der Waals surface area (Å²) >= 11 is 0. The van der Waals surface area contributed by atoms with Crippen molar-refractivity contribution in [1.82, 2.24) is 4.90 Å². The molecular weight excluding hydrogens is 204 g/mol. The van der Waals surface area contributed by atoms with Crippen molar-refractivity contribution in [1.29, 1.82) is 0 Å². The maximum Gasteiger partial charge on any atom is 0.410 e. The largest absolute Gasteiger partial charge is 0.444 e. The van der Waals surface area contributed by atoms with Crippen LogP contribution in [0.25, 0.3) is 0 Å². The maximum absolute atomic E-state index is 11.8. The highest BCUT2D eigenvalue weighted by molar-refractivity contribution is 6.39. The van der Waals surface area contributed by atoms with Crippen molar-refractivity contribution in [3.05, 3.63) is 0 Å². The molecule has 1 aliphatic rings. The zero-order chi connectivity index (χ0) is 12.6. The van der Waals surface area contributed by atoms with Crippen LogP contribution in [0.4, 0.5) is 4.79 Å². The molecule has 0 saturated carbocycles. The molecule has 1 N–H and O–H groups in total. The third-order valence-corrected chi connectivity index (χ3v) is 2.41. The maximum atomic E-state index is 11.8. The van der Waals surface area contributed by atoms with E-state index in [0.29, 0.717) is 13.0 Å². The minimum absolute atomic E-state index is 0.482. The fourth-order valence-electron chi connectivity index (χ4n) is 1.79. The second-order valence-electron chi connectivity index (χ2n) is 5.22. The highest BCUT2D eigenvalue weighted by atomic mass is 16.6. The summed E-state index contributed by atoms with van der Waals surface area (Å²) in [6.45, 7) is 5.86. The number of nitrogens with zero attached hydrogens (tertiary/aromatic N) is 1. The lowest BCUT2D eigenvalue weighted by atomic mass is 9.60. The number of carbonyl (C=O) groups is 1. The number of rotatable bonds is 1. The Balaban J connectivity index is 2.69. The Morgan fingerprint density at radius 2 is 2.00 bits per heavy atom. The van der Waals surface area contributed by atoms with Gasteiger partial charge in [0.15, 0.2) is 0 Å². The lowest BCUT2D eigenvalue weighted by Crippen LogP contribution is -2.53. The molecule has 0 aliphatic carbocycles. The van der Waals surface area contributed by atoms with Gasteiger partial charge in [0.25, 0.3) is 0 Å². The molecular formula is C10H17B2NO3. The van der Waals surface area contributed by atoms with Crippen molar-refractivity contribution in [2.75, 3.05) is 6.54 Å². The molecule has 0 aromatic rings. The molecule has 1 aliphatic heterocycles. The van der Waals surface area contributed by atoms with Gasteiger partial charge in [-0.15, -0.1) is 0 Å². The van der Waals surface area contributed by atoms with E-state index in [4.69, 9.17) is 20.4 Å². The average molecular weight is 221 g/mol. The van der Waals surface area contributed by atoms with Gasteiger partial charge in [0.2, 0.25) is 0 Å². The lowest BCUT2D eigenvalue weighted by molar-refractivity contribution is 0.00989. The number of hydrogen-bond acceptors (Lipinski definition) is 3. The van der Waals surface area contributed by atoms with Crippen LogP contribution in [-0.2, 0) is 4.74 Å². The van der Waals surface area contributed by atoms with Gasteiger partial charge in [0, 0.05) is 18.0 Å². The van der Waals surface area contributed by atoms with Gasteiger partial charge in [-0.25, -0.2) is 4.79 Å². The van der Waals surface area contributed by atoms with E-state index in [1.54, 1.807) is 20.8 Å². The summed E-state index contributed by atoms with van der Waals surface area (Å²) in [6, 6.07) is -0.581. The molecule has 86 valence electrons. The molecule has 1 fully saturated rings. The van der Waals surface area contributed by atoms with Gasteiger partial charge in [0.1, 0.15) is 21.3 Å². The summed E-state index contributed by atoms with van der Waals surface area (Å²) in [5.41, 5.74) is -0.564. The zero-order valence-corrected chi connectivity index (χ0v) is 10.1. The molecule has 1 heterocycles. The topological polar surface area (TPSA) is 49.8 Å². The van der Waals surface area contributed by atoms with E-state index < -0.39 is 23.1 Å². The highest BCUT2D eigenvalue weighted by Crippen LogP contribution is 2.25. The Morgan fingerprint density at radius 1 is 1.44 bits per heavy atom. The second kappa shape index (κ2) is 4.32. The molecule has 4 radical (unpaired) electrons. The van der Waals surface area contributed by atoms with Crippen LogP contribution in [0.5, 0.6) is 0 Å². The van der Waals surface area contributed by atoms with Crippen molar-refractivity contribution in [2.45, 2.75) is 50.7 Å². The first-order chi connectivity index (χ1) is 7.11. The van der Waals surface area contributed by atoms with Crippen LogP contribution in [-0.4, -0.2) is 55.4 Å². The van der Waals surface area contributed by atoms with Crippen LogP contribution in [0.1, 0.15) is 33.6 Å². The molecule has 1 saturated heterocycles. The number of ether oxygens (including phenoxy) is 1. The van der Waals surface area contributed by atoms with Crippen molar-refractivity contribution in [3.63, 3.8) is 0 Å². The SMILES string of the molecule is [B]C([B])(O)[C@@H]1CCCN1C(=O)OC(C)(C)C. The number of amides is 1. The highest BCUT2D eigenvalue weighted by Gasteiger charge is 2.39. The van der Waals surface area contributed by atoms with Crippen molar-refractivity contribution in [2.24, 2.45) is 0 Å². The molecule has 0 aromatic heterocycles. The van der Waals surface area contributed by atoms with Crippen LogP contribution in [0.15, 0.2) is 0 Å². The predicted molar refractivity (Wildman–Crippen MR) is 62.4 cm³/mol. The lowest BCUT2D eigenvalue weighted by Gasteiger charge is -2.35. The standard InChI is InChI=1S/C10H17B2NO3/c1-9(2,3)16-8(14)13-6-4-5-7(13)10(11,12)15/h7,15H,4-6H2,1-3H3/t7-/m0/s1. The quantitative estimate of drug-likeness (QED) is 0.650. The predicted octanol–water partition coefficient (Wildman–Crippen LogP) is 0.369. The molecule has 0 aromatic carbocycles. The van der Waals surface area contributed by atoms with Gasteiger partial charge in [-0.1, -0.05) is 0 Å². The fraction of sp³-hybridized carbons (Fsp3) is 0.900. The monoisotopic (exact) mass is 221 g/mol. The van der Waals surface area contributed by atoms with Crippen LogP contribution < -0.4 is 0 Å². The van der Waals surface area contributed by atoms with E-state index in [2.05, 4.69) is 0 Å². The Hall–Kier alpha value is -0.640. The van der Waals surface area contributed by atoms with Gasteiger partial charge in [-0.2, -0.15) is 0 Å². The Morgan fingerprint density at radius 3 is 2.44 bits per heavy atom. The molecule has 1 amide bonds. The van der Waals surface area contributed by atoms with Crippen LogP contribution >= 0.6 is 0 Å². The molecule has 0 spiro atoms. The van der Waals surface area contributed by atoms with E-state index in [-0.39, 0.29) is 0 Å². The van der Waals surface area contributed by atoms with Crippen LogP contribution in [0.2, 0.25) is 0 Å². The van der Waals surface area contributed by atoms with Gasteiger partial charge in [0.05, 0.1) is 0 Å². The normalized spacial score (nSPS) is 22.2. The number of aliphatic hydroxyl groups is 1. The first-order valence-electron chi connectivity index (χ1n) is 5.41. The van der Waals surface area contributed by atoms with E-state index in [1.807, 2.05) is 0 Å². The summed E-state index contributed by atoms with van der Waals surface area (Å²) in [5, 5.41) is 7.67. The van der Waals surface area contributed by atoms with Gasteiger partial charge in [-0.05, 0) is 33.6 Å². The van der Waals surface area contributed by atoms with E-state index in [0.717, 1.165) is 6.42 Å². The van der Waals surface area contributed by atoms with Crippen LogP contribution in [0.3, 0.4) is 0 Å². The molecule has 0 unspecified atom stereocenters. The molecule has 1 atom stereocenters. The summed E-state index contributed by atoms with van der Waals surface area (Å²) < 4.78 is 5.21. The third-order valence-electron chi connectivity index (χ3n) is 2.41. The first kappa shape index (κ1) is 13.4. The average Bonchev–Trinajstić information content (AvgIpc) is 2.45. The number of likely N-dealkylation sites (tertiary alicyclic amines) is 1. The molecule has 6 heteroatoms. The zero-order valence-electron chi connectivity index (χ0n) is 10.1. The van der Waals surface area contributed by atoms with Gasteiger partial charge in [-0.3, -0.25) is 0 Å². The number of hydrogen-bond donors (Lipinski definition) is 1. The van der Waals surface area contributed by atoms with E-state index in [9.17, 15) is 9.90 Å². The molecule has 1 rings (SSSR count). The first-order valence-corrected chi connectivity index (χ1v) is 5.41. The van der Waals surface area contributed by atoms with Crippen molar-refractivity contribution >= 4 is 21.8 Å². The minimum Gasteiger partial charge on any atom is -0.444 e. The van der Waals surface area contributed by atoms with Crippen molar-refractivity contribution < 1.29 is 14.6 Å². The van der Waals surface area contributed by atoms with E-state index in [1.165, 1.54) is 4.90 Å². The summed E-state index contributed by atoms with van der Waals surface area (Å²) in [4.78, 5) is 13.2. The summed E-state index contributed by atoms with van der Waals surface area (Å²) in [7, 11) is 10.8. The second-order valence-corrected chi connectivity index (χ2v) is 5.22. The molecule has 4 nitrogen and oxygen atoms in total. The van der Waals surface area contributed by atoms with Gasteiger partial charge >= 0.3 is 6.09 Å². The Labute approximate surface area is 99.2 Å².